The maximum atomic E-state index is 12.9. The van der Waals surface area contributed by atoms with Crippen molar-refractivity contribution < 1.29 is 9.59 Å². The Morgan fingerprint density at radius 2 is 1.58 bits per heavy atom. The first-order valence-electron chi connectivity index (χ1n) is 7.82. The molecule has 4 nitrogen and oxygen atoms in total. The van der Waals surface area contributed by atoms with Gasteiger partial charge in [-0.15, -0.1) is 0 Å². The zero-order chi connectivity index (χ0) is 17.7. The van der Waals surface area contributed by atoms with Gasteiger partial charge in [0.1, 0.15) is 6.04 Å². The van der Waals surface area contributed by atoms with Gasteiger partial charge in [-0.1, -0.05) is 44.2 Å². The largest absolute Gasteiger partial charge is 0.323 e. The van der Waals surface area contributed by atoms with Crippen LogP contribution in [0.2, 0.25) is 0 Å². The quantitative estimate of drug-likeness (QED) is 0.821. The summed E-state index contributed by atoms with van der Waals surface area (Å²) in [6, 6.07) is 16.1. The third kappa shape index (κ3) is 4.23. The van der Waals surface area contributed by atoms with Crippen molar-refractivity contribution in [1.29, 1.82) is 0 Å². The van der Waals surface area contributed by atoms with Gasteiger partial charge >= 0.3 is 0 Å². The van der Waals surface area contributed by atoms with Gasteiger partial charge in [-0.3, -0.25) is 14.5 Å². The summed E-state index contributed by atoms with van der Waals surface area (Å²) in [5.41, 5.74) is 1.40. The van der Waals surface area contributed by atoms with E-state index in [4.69, 9.17) is 0 Å². The van der Waals surface area contributed by atoms with Crippen LogP contribution in [-0.4, -0.2) is 17.9 Å². The summed E-state index contributed by atoms with van der Waals surface area (Å²) in [4.78, 5) is 26.7. The van der Waals surface area contributed by atoms with Crippen molar-refractivity contribution in [2.24, 2.45) is 5.92 Å². The van der Waals surface area contributed by atoms with E-state index in [1.165, 1.54) is 6.92 Å². The number of rotatable bonds is 5. The number of benzene rings is 2. The first-order valence-corrected chi connectivity index (χ1v) is 8.61. The second-order valence-corrected chi connectivity index (χ2v) is 6.74. The van der Waals surface area contributed by atoms with Gasteiger partial charge in [0.05, 0.1) is 5.69 Å². The zero-order valence-corrected chi connectivity index (χ0v) is 15.6. The van der Waals surface area contributed by atoms with Crippen LogP contribution in [0.25, 0.3) is 0 Å². The first-order chi connectivity index (χ1) is 11.4. The van der Waals surface area contributed by atoms with Gasteiger partial charge in [-0.2, -0.15) is 0 Å². The Labute approximate surface area is 151 Å². The van der Waals surface area contributed by atoms with Crippen LogP contribution >= 0.6 is 15.9 Å². The van der Waals surface area contributed by atoms with Crippen molar-refractivity contribution in [3.8, 4) is 0 Å². The van der Waals surface area contributed by atoms with E-state index in [1.807, 2.05) is 68.4 Å². The summed E-state index contributed by atoms with van der Waals surface area (Å²) in [6.45, 7) is 5.35. The van der Waals surface area contributed by atoms with E-state index in [1.54, 1.807) is 4.90 Å². The molecule has 0 saturated carbocycles. The van der Waals surface area contributed by atoms with E-state index in [0.717, 1.165) is 4.47 Å². The minimum Gasteiger partial charge on any atom is -0.323 e. The van der Waals surface area contributed by atoms with Crippen LogP contribution in [0.3, 0.4) is 0 Å². The number of carbonyl (C=O) groups excluding carboxylic acids is 2. The Balaban J connectivity index is 2.35. The lowest BCUT2D eigenvalue weighted by atomic mass is 10.00. The standard InChI is InChI=1S/C19H21BrN2O2/c1-13(2)18(19(24)21-17-12-8-7-11-16(17)20)22(14(3)23)15-9-5-4-6-10-15/h4-13,18H,1-3H3,(H,21,24). The molecule has 2 rings (SSSR count). The van der Waals surface area contributed by atoms with E-state index in [9.17, 15) is 9.59 Å². The summed E-state index contributed by atoms with van der Waals surface area (Å²) in [6.07, 6.45) is 0. The number of para-hydroxylation sites is 2. The molecule has 2 aromatic carbocycles. The number of nitrogens with zero attached hydrogens (tertiary/aromatic N) is 1. The SMILES string of the molecule is CC(=O)N(c1ccccc1)C(C(=O)Nc1ccccc1Br)C(C)C. The molecule has 0 bridgehead atoms. The molecule has 0 aliphatic heterocycles. The number of halogens is 1. The van der Waals surface area contributed by atoms with Crippen LogP contribution < -0.4 is 10.2 Å². The topological polar surface area (TPSA) is 49.4 Å². The Morgan fingerprint density at radius 3 is 2.12 bits per heavy atom. The van der Waals surface area contributed by atoms with E-state index in [0.29, 0.717) is 11.4 Å². The minimum absolute atomic E-state index is 0.0448. The van der Waals surface area contributed by atoms with Crippen LogP contribution in [0.5, 0.6) is 0 Å². The Hall–Kier alpha value is -2.14. The number of nitrogens with one attached hydrogen (secondary N) is 1. The van der Waals surface area contributed by atoms with Crippen molar-refractivity contribution in [2.45, 2.75) is 26.8 Å². The average Bonchev–Trinajstić information content (AvgIpc) is 2.54. The molecule has 1 N–H and O–H groups in total. The molecule has 0 heterocycles. The van der Waals surface area contributed by atoms with Crippen molar-refractivity contribution in [3.63, 3.8) is 0 Å². The van der Waals surface area contributed by atoms with Crippen LogP contribution in [0.15, 0.2) is 59.1 Å². The third-order valence-corrected chi connectivity index (χ3v) is 4.38. The first kappa shape index (κ1) is 18.2. The lowest BCUT2D eigenvalue weighted by Crippen LogP contribution is -2.50. The van der Waals surface area contributed by atoms with E-state index in [-0.39, 0.29) is 17.7 Å². The summed E-state index contributed by atoms with van der Waals surface area (Å²) in [7, 11) is 0. The second kappa shape index (κ2) is 8.11. The van der Waals surface area contributed by atoms with Gasteiger partial charge in [0, 0.05) is 17.1 Å². The smallest absolute Gasteiger partial charge is 0.247 e. The highest BCUT2D eigenvalue weighted by Gasteiger charge is 2.32. The molecule has 0 aromatic heterocycles. The second-order valence-electron chi connectivity index (χ2n) is 5.88. The predicted molar refractivity (Wildman–Crippen MR) is 101 cm³/mol. The van der Waals surface area contributed by atoms with Crippen LogP contribution in [0.4, 0.5) is 11.4 Å². The fourth-order valence-electron chi connectivity index (χ4n) is 2.61. The lowest BCUT2D eigenvalue weighted by Gasteiger charge is -2.32. The number of carbonyl (C=O) groups is 2. The Bertz CT molecular complexity index is 716. The molecule has 0 saturated heterocycles. The molecule has 1 unspecified atom stereocenters. The normalized spacial score (nSPS) is 11.9. The maximum absolute atomic E-state index is 12.9. The molecule has 2 aromatic rings. The van der Waals surface area contributed by atoms with Gasteiger partial charge in [0.2, 0.25) is 11.8 Å². The van der Waals surface area contributed by atoms with Gasteiger partial charge in [0.25, 0.3) is 0 Å². The van der Waals surface area contributed by atoms with Crippen LogP contribution in [0.1, 0.15) is 20.8 Å². The molecule has 0 radical (unpaired) electrons. The highest BCUT2D eigenvalue weighted by molar-refractivity contribution is 9.10. The maximum Gasteiger partial charge on any atom is 0.247 e. The number of amides is 2. The van der Waals surface area contributed by atoms with Crippen molar-refractivity contribution in [2.75, 3.05) is 10.2 Å². The third-order valence-electron chi connectivity index (χ3n) is 3.68. The molecule has 0 aliphatic rings. The van der Waals surface area contributed by atoms with Crippen LogP contribution in [0, 0.1) is 5.92 Å². The lowest BCUT2D eigenvalue weighted by molar-refractivity contribution is -0.123. The zero-order valence-electron chi connectivity index (χ0n) is 14.0. The van der Waals surface area contributed by atoms with Gasteiger partial charge < -0.3 is 5.32 Å². The highest BCUT2D eigenvalue weighted by Crippen LogP contribution is 2.25. The summed E-state index contributed by atoms with van der Waals surface area (Å²) >= 11 is 3.43. The fraction of sp³-hybridized carbons (Fsp3) is 0.263. The average molecular weight is 389 g/mol. The molecule has 2 amide bonds. The van der Waals surface area contributed by atoms with Crippen molar-refractivity contribution in [1.82, 2.24) is 0 Å². The predicted octanol–water partition coefficient (Wildman–Crippen LogP) is 4.47. The molecular weight excluding hydrogens is 368 g/mol. The van der Waals surface area contributed by atoms with E-state index in [2.05, 4.69) is 21.2 Å². The van der Waals surface area contributed by atoms with Crippen molar-refractivity contribution >= 4 is 39.1 Å². The number of anilines is 2. The summed E-state index contributed by atoms with van der Waals surface area (Å²) < 4.78 is 0.801. The monoisotopic (exact) mass is 388 g/mol. The number of hydrogen-bond donors (Lipinski definition) is 1. The highest BCUT2D eigenvalue weighted by atomic mass is 79.9. The molecule has 0 aliphatic carbocycles. The Kier molecular flexibility index (Phi) is 6.15. The Morgan fingerprint density at radius 1 is 1.00 bits per heavy atom. The summed E-state index contributed by atoms with van der Waals surface area (Å²) in [5, 5.41) is 2.92. The van der Waals surface area contributed by atoms with Crippen LogP contribution in [-0.2, 0) is 9.59 Å². The molecule has 5 heteroatoms. The van der Waals surface area contributed by atoms with Gasteiger partial charge in [0.15, 0.2) is 0 Å². The number of hydrogen-bond acceptors (Lipinski definition) is 2. The van der Waals surface area contributed by atoms with E-state index < -0.39 is 6.04 Å². The molecule has 24 heavy (non-hydrogen) atoms. The molecule has 126 valence electrons. The van der Waals surface area contributed by atoms with Gasteiger partial charge in [-0.05, 0) is 46.1 Å². The molecular formula is C19H21BrN2O2. The minimum atomic E-state index is -0.600. The molecule has 0 spiro atoms. The van der Waals surface area contributed by atoms with Gasteiger partial charge in [-0.25, -0.2) is 0 Å². The summed E-state index contributed by atoms with van der Waals surface area (Å²) in [5.74, 6) is -0.422. The molecule has 0 fully saturated rings. The van der Waals surface area contributed by atoms with E-state index >= 15 is 0 Å². The molecule has 1 atom stereocenters. The fourth-order valence-corrected chi connectivity index (χ4v) is 3.00. The van der Waals surface area contributed by atoms with Crippen molar-refractivity contribution in [3.05, 3.63) is 59.1 Å².